The van der Waals surface area contributed by atoms with Gasteiger partial charge < -0.3 is 0 Å². The van der Waals surface area contributed by atoms with Crippen LogP contribution < -0.4 is 0 Å². The van der Waals surface area contributed by atoms with Crippen molar-refractivity contribution in [3.05, 3.63) is 32.2 Å². The second kappa shape index (κ2) is 3.71. The third-order valence-electron chi connectivity index (χ3n) is 1.60. The second-order valence-corrected chi connectivity index (χ2v) is 4.35. The van der Waals surface area contributed by atoms with Crippen LogP contribution in [0, 0.1) is 6.92 Å². The van der Waals surface area contributed by atoms with Gasteiger partial charge in [-0.15, -0.1) is 0 Å². The molecule has 0 unspecified atom stereocenters. The minimum atomic E-state index is 0.0753. The van der Waals surface area contributed by atoms with E-state index in [4.69, 9.17) is 0 Å². The highest BCUT2D eigenvalue weighted by Crippen LogP contribution is 2.26. The monoisotopic (exact) mass is 290 g/mol. The third-order valence-corrected chi connectivity index (χ3v) is 3.11. The summed E-state index contributed by atoms with van der Waals surface area (Å²) in [7, 11) is 0. The Morgan fingerprint density at radius 3 is 2.42 bits per heavy atom. The average Bonchev–Trinajstić information content (AvgIpc) is 1.96. The van der Waals surface area contributed by atoms with Gasteiger partial charge in [0, 0.05) is 14.5 Å². The van der Waals surface area contributed by atoms with Gasteiger partial charge >= 0.3 is 0 Å². The van der Waals surface area contributed by atoms with Gasteiger partial charge in [-0.2, -0.15) is 0 Å². The number of hydrogen-bond donors (Lipinski definition) is 0. The zero-order valence-corrected chi connectivity index (χ0v) is 9.99. The van der Waals surface area contributed by atoms with Crippen LogP contribution >= 0.6 is 31.9 Å². The smallest absolute Gasteiger partial charge is 0.160 e. The molecule has 0 aliphatic rings. The second-order valence-electron chi connectivity index (χ2n) is 2.64. The molecule has 1 nitrogen and oxygen atoms in total. The number of carbonyl (C=O) groups excluding carboxylic acids is 1. The lowest BCUT2D eigenvalue weighted by atomic mass is 10.1. The molecule has 1 rings (SSSR count). The minimum absolute atomic E-state index is 0.0753. The van der Waals surface area contributed by atoms with Crippen LogP contribution in [0.5, 0.6) is 0 Å². The highest BCUT2D eigenvalue weighted by Gasteiger charge is 2.08. The number of benzene rings is 1. The Labute approximate surface area is 88.4 Å². The topological polar surface area (TPSA) is 17.1 Å². The number of rotatable bonds is 1. The molecule has 3 heteroatoms. The van der Waals surface area contributed by atoms with Gasteiger partial charge in [-0.3, -0.25) is 4.79 Å². The number of ketones is 1. The zero-order valence-electron chi connectivity index (χ0n) is 6.82. The highest BCUT2D eigenvalue weighted by molar-refractivity contribution is 9.11. The Balaban J connectivity index is 3.37. The fraction of sp³-hybridized carbons (Fsp3) is 0.222. The first-order valence-corrected chi connectivity index (χ1v) is 5.07. The summed E-state index contributed by atoms with van der Waals surface area (Å²) in [5.41, 5.74) is 1.79. The molecule has 0 spiro atoms. The van der Waals surface area contributed by atoms with Gasteiger partial charge in [-0.05, 0) is 47.5 Å². The molecule has 0 radical (unpaired) electrons. The molecular formula is C9H8Br2O. The maximum absolute atomic E-state index is 11.1. The maximum atomic E-state index is 11.1. The normalized spacial score (nSPS) is 10.0. The van der Waals surface area contributed by atoms with Crippen molar-refractivity contribution < 1.29 is 4.79 Å². The Kier molecular flexibility index (Phi) is 3.07. The van der Waals surface area contributed by atoms with Crippen molar-refractivity contribution in [2.75, 3.05) is 0 Å². The van der Waals surface area contributed by atoms with Gasteiger partial charge in [0.25, 0.3) is 0 Å². The largest absolute Gasteiger partial charge is 0.294 e. The van der Waals surface area contributed by atoms with Crippen molar-refractivity contribution in [3.8, 4) is 0 Å². The van der Waals surface area contributed by atoms with Crippen LogP contribution in [-0.4, -0.2) is 5.78 Å². The molecule has 0 N–H and O–H groups in total. The summed E-state index contributed by atoms with van der Waals surface area (Å²) in [6, 6.07) is 3.79. The fourth-order valence-electron chi connectivity index (χ4n) is 0.982. The van der Waals surface area contributed by atoms with Crippen LogP contribution in [-0.2, 0) is 0 Å². The molecule has 64 valence electrons. The predicted molar refractivity (Wildman–Crippen MR) is 56.6 cm³/mol. The molecule has 0 fully saturated rings. The standard InChI is InChI=1S/C9H8Br2O/c1-5-3-7(10)4-8(6(2)12)9(5)11/h3-4H,1-2H3. The molecule has 0 aliphatic heterocycles. The lowest BCUT2D eigenvalue weighted by molar-refractivity contribution is 0.101. The first-order valence-electron chi connectivity index (χ1n) is 3.49. The molecule has 0 aromatic heterocycles. The summed E-state index contributed by atoms with van der Waals surface area (Å²) in [4.78, 5) is 11.1. The predicted octanol–water partition coefficient (Wildman–Crippen LogP) is 3.72. The lowest BCUT2D eigenvalue weighted by Crippen LogP contribution is -1.95. The molecule has 0 aliphatic carbocycles. The van der Waals surface area contributed by atoms with Crippen LogP contribution in [0.15, 0.2) is 21.1 Å². The summed E-state index contributed by atoms with van der Waals surface area (Å²) < 4.78 is 1.83. The van der Waals surface area contributed by atoms with E-state index >= 15 is 0 Å². The van der Waals surface area contributed by atoms with E-state index in [9.17, 15) is 4.79 Å². The van der Waals surface area contributed by atoms with Gasteiger partial charge in [0.2, 0.25) is 0 Å². The van der Waals surface area contributed by atoms with Crippen molar-refractivity contribution in [2.45, 2.75) is 13.8 Å². The van der Waals surface area contributed by atoms with Crippen molar-refractivity contribution in [2.24, 2.45) is 0 Å². The zero-order chi connectivity index (χ0) is 9.30. The first-order chi connectivity index (χ1) is 5.52. The first kappa shape index (κ1) is 9.93. The third kappa shape index (κ3) is 1.96. The molecule has 0 bridgehead atoms. The van der Waals surface area contributed by atoms with Crippen molar-refractivity contribution in [3.63, 3.8) is 0 Å². The minimum Gasteiger partial charge on any atom is -0.294 e. The lowest BCUT2D eigenvalue weighted by Gasteiger charge is -2.04. The maximum Gasteiger partial charge on any atom is 0.160 e. The van der Waals surface area contributed by atoms with E-state index in [0.29, 0.717) is 0 Å². The van der Waals surface area contributed by atoms with Crippen molar-refractivity contribution >= 4 is 37.6 Å². The van der Waals surface area contributed by atoms with E-state index in [1.807, 2.05) is 19.1 Å². The summed E-state index contributed by atoms with van der Waals surface area (Å²) >= 11 is 6.72. The van der Waals surface area contributed by atoms with Crippen molar-refractivity contribution in [1.82, 2.24) is 0 Å². The Morgan fingerprint density at radius 1 is 1.33 bits per heavy atom. The summed E-state index contributed by atoms with van der Waals surface area (Å²) in [5.74, 6) is 0.0753. The van der Waals surface area contributed by atoms with Crippen LogP contribution in [0.25, 0.3) is 0 Å². The molecule has 0 saturated heterocycles. The number of aryl methyl sites for hydroxylation is 1. The van der Waals surface area contributed by atoms with E-state index in [-0.39, 0.29) is 5.78 Å². The van der Waals surface area contributed by atoms with Crippen molar-refractivity contribution in [1.29, 1.82) is 0 Å². The van der Waals surface area contributed by atoms with Gasteiger partial charge in [0.1, 0.15) is 0 Å². The Hall–Kier alpha value is -0.150. The molecule has 0 saturated carbocycles. The van der Waals surface area contributed by atoms with Crippen LogP contribution in [0.2, 0.25) is 0 Å². The van der Waals surface area contributed by atoms with E-state index < -0.39 is 0 Å². The summed E-state index contributed by atoms with van der Waals surface area (Å²) in [5, 5.41) is 0. The molecule has 1 aromatic rings. The Morgan fingerprint density at radius 2 is 1.92 bits per heavy atom. The molecule has 12 heavy (non-hydrogen) atoms. The molecule has 0 atom stereocenters. The fourth-order valence-corrected chi connectivity index (χ4v) is 2.06. The molecule has 0 heterocycles. The molecular weight excluding hydrogens is 284 g/mol. The van der Waals surface area contributed by atoms with E-state index in [0.717, 1.165) is 20.1 Å². The Bertz CT molecular complexity index is 332. The van der Waals surface area contributed by atoms with Gasteiger partial charge in [0.15, 0.2) is 5.78 Å². The summed E-state index contributed by atoms with van der Waals surface area (Å²) in [6.07, 6.45) is 0. The summed E-state index contributed by atoms with van der Waals surface area (Å²) in [6.45, 7) is 3.52. The van der Waals surface area contributed by atoms with E-state index in [1.54, 1.807) is 6.92 Å². The van der Waals surface area contributed by atoms with Crippen LogP contribution in [0.4, 0.5) is 0 Å². The number of hydrogen-bond acceptors (Lipinski definition) is 1. The number of carbonyl (C=O) groups is 1. The van der Waals surface area contributed by atoms with Crippen LogP contribution in [0.3, 0.4) is 0 Å². The van der Waals surface area contributed by atoms with Gasteiger partial charge in [-0.25, -0.2) is 0 Å². The average molecular weight is 292 g/mol. The highest BCUT2D eigenvalue weighted by atomic mass is 79.9. The van der Waals surface area contributed by atoms with Gasteiger partial charge in [0.05, 0.1) is 0 Å². The molecule has 0 amide bonds. The number of Topliss-reactive ketones (excluding diaryl/α,β-unsaturated/α-hetero) is 1. The quantitative estimate of drug-likeness (QED) is 0.721. The van der Waals surface area contributed by atoms with Crippen LogP contribution in [0.1, 0.15) is 22.8 Å². The van der Waals surface area contributed by atoms with E-state index in [2.05, 4.69) is 31.9 Å². The SMILES string of the molecule is CC(=O)c1cc(Br)cc(C)c1Br. The van der Waals surface area contributed by atoms with Gasteiger partial charge in [-0.1, -0.05) is 15.9 Å². The van der Waals surface area contributed by atoms with E-state index in [1.165, 1.54) is 0 Å². The molecule has 1 aromatic carbocycles. The number of halogens is 2.